The molecule has 5 unspecified atom stereocenters. The van der Waals surface area contributed by atoms with Gasteiger partial charge in [0.05, 0.1) is 26.4 Å². The average Bonchev–Trinajstić information content (AvgIpc) is 0.924. The van der Waals surface area contributed by atoms with Crippen LogP contribution >= 0.6 is 15.6 Å². The highest BCUT2D eigenvalue weighted by atomic mass is 31.2. The fraction of sp³-hybridized carbons (Fsp3) is 0.663. The maximum absolute atomic E-state index is 13.1. The monoisotopic (exact) mass is 1470 g/mol. The molecular formula is C83H138O17P2. The van der Waals surface area contributed by atoms with Crippen LogP contribution in [0.4, 0.5) is 0 Å². The normalized spacial score (nSPS) is 14.7. The molecule has 0 amide bonds. The van der Waals surface area contributed by atoms with Crippen LogP contribution in [0.15, 0.2) is 146 Å². The number of aliphatic hydroxyl groups is 1. The number of hydrogen-bond donors (Lipinski definition) is 3. The lowest BCUT2D eigenvalue weighted by atomic mass is 10.1. The van der Waals surface area contributed by atoms with E-state index >= 15 is 0 Å². The standard InChI is InChI=1S/C83H138O17P2/c1-5-9-13-17-21-25-29-33-36-37-38-39-42-45-48-52-56-60-64-68-81(86)94-74-79(100-83(88)70-66-62-58-54-50-46-41-35-31-27-23-19-15-11-7-3)76-98-102(91,92)96-72-77(84)71-95-101(89,90)97-75-78(99-82(87)69-65-61-57-53-49-43-32-28-24-20-16-12-8-4)73-93-80(85)67-63-59-55-51-47-44-40-34-30-26-22-18-14-10-6-2/h9,11,13,15,21,23,25,27-28,32-36,38-41,45,48,50,54,56,60,77-79,84H,5-8,10,12,14,16-20,22,24,26,29-31,37,42-44,46-47,49,51-53,55,57-59,61-76H2,1-4H3,(H,89,90)(H,91,92)/b13-9-,15-11-,25-21-,27-23-,32-28-,36-33-,39-38-,40-34-,41-35-,48-45-,54-50-,60-56-. The van der Waals surface area contributed by atoms with Crippen molar-refractivity contribution in [3.63, 3.8) is 0 Å². The molecule has 0 saturated carbocycles. The van der Waals surface area contributed by atoms with Gasteiger partial charge < -0.3 is 33.8 Å². The first kappa shape index (κ1) is 96.9. The minimum absolute atomic E-state index is 0.0220. The highest BCUT2D eigenvalue weighted by molar-refractivity contribution is 7.47. The van der Waals surface area contributed by atoms with Crippen LogP contribution in [-0.4, -0.2) is 96.7 Å². The zero-order valence-electron chi connectivity index (χ0n) is 63.5. The van der Waals surface area contributed by atoms with E-state index in [2.05, 4.69) is 155 Å². The molecule has 0 aliphatic heterocycles. The molecule has 0 aliphatic carbocycles. The Morgan fingerprint density at radius 1 is 0.284 bits per heavy atom. The fourth-order valence-electron chi connectivity index (χ4n) is 9.87. The topological polar surface area (TPSA) is 237 Å². The number of rotatable bonds is 72. The Bertz CT molecular complexity index is 2510. The lowest BCUT2D eigenvalue weighted by Gasteiger charge is -2.21. The summed E-state index contributed by atoms with van der Waals surface area (Å²) >= 11 is 0. The van der Waals surface area contributed by atoms with Gasteiger partial charge in [0, 0.05) is 25.7 Å². The summed E-state index contributed by atoms with van der Waals surface area (Å²) < 4.78 is 68.4. The van der Waals surface area contributed by atoms with Crippen LogP contribution in [0.1, 0.15) is 297 Å². The van der Waals surface area contributed by atoms with Gasteiger partial charge in [0.1, 0.15) is 19.3 Å². The van der Waals surface area contributed by atoms with E-state index < -0.39 is 97.5 Å². The molecule has 17 nitrogen and oxygen atoms in total. The van der Waals surface area contributed by atoms with Crippen LogP contribution in [0.25, 0.3) is 0 Å². The zero-order valence-corrected chi connectivity index (χ0v) is 65.3. The van der Waals surface area contributed by atoms with E-state index in [0.717, 1.165) is 141 Å². The Labute approximate surface area is 617 Å². The maximum atomic E-state index is 13.1. The van der Waals surface area contributed by atoms with Crippen molar-refractivity contribution in [2.75, 3.05) is 39.6 Å². The fourth-order valence-corrected chi connectivity index (χ4v) is 11.5. The number of phosphoric ester groups is 2. The lowest BCUT2D eigenvalue weighted by Crippen LogP contribution is -2.30. The number of ether oxygens (including phenoxy) is 4. The van der Waals surface area contributed by atoms with Crippen molar-refractivity contribution in [2.45, 2.75) is 316 Å². The number of phosphoric acid groups is 2. The third-order valence-corrected chi connectivity index (χ3v) is 17.7. The van der Waals surface area contributed by atoms with E-state index in [1.807, 2.05) is 18.2 Å². The highest BCUT2D eigenvalue weighted by Gasteiger charge is 2.30. The van der Waals surface area contributed by atoms with Gasteiger partial charge in [0.25, 0.3) is 0 Å². The number of allylic oxidation sites excluding steroid dienone is 24. The van der Waals surface area contributed by atoms with Crippen LogP contribution in [0.2, 0.25) is 0 Å². The third-order valence-electron chi connectivity index (χ3n) is 15.8. The second kappa shape index (κ2) is 74.2. The Hall–Kier alpha value is -5.06. The molecule has 102 heavy (non-hydrogen) atoms. The molecule has 0 rings (SSSR count). The van der Waals surface area contributed by atoms with Crippen LogP contribution in [-0.2, 0) is 65.4 Å². The number of carbonyl (C=O) groups excluding carboxylic acids is 4. The van der Waals surface area contributed by atoms with Gasteiger partial charge in [-0.15, -0.1) is 0 Å². The molecule has 3 N–H and O–H groups in total. The summed E-state index contributed by atoms with van der Waals surface area (Å²) in [7, 11) is -10.00. The zero-order chi connectivity index (χ0) is 74.6. The van der Waals surface area contributed by atoms with E-state index in [-0.39, 0.29) is 25.7 Å². The summed E-state index contributed by atoms with van der Waals surface area (Å²) in [6.07, 6.45) is 84.3. The molecule has 5 atom stereocenters. The average molecular weight is 1470 g/mol. The maximum Gasteiger partial charge on any atom is 0.472 e. The molecule has 19 heteroatoms. The Morgan fingerprint density at radius 2 is 0.529 bits per heavy atom. The van der Waals surface area contributed by atoms with E-state index in [4.69, 9.17) is 37.0 Å². The number of unbranched alkanes of at least 4 members (excludes halogenated alkanes) is 22. The quantitative estimate of drug-likeness (QED) is 0.0169. The minimum atomic E-state index is -5.01. The number of carbonyl (C=O) groups is 4. The largest absolute Gasteiger partial charge is 0.472 e. The molecule has 0 aromatic rings. The summed E-state index contributed by atoms with van der Waals surface area (Å²) in [6, 6.07) is 0. The first-order valence-electron chi connectivity index (χ1n) is 39.1. The van der Waals surface area contributed by atoms with Crippen molar-refractivity contribution < 1.29 is 80.2 Å². The van der Waals surface area contributed by atoms with Gasteiger partial charge in [-0.05, 0) is 154 Å². The van der Waals surface area contributed by atoms with Gasteiger partial charge in [0.15, 0.2) is 12.2 Å². The van der Waals surface area contributed by atoms with Gasteiger partial charge in [0.2, 0.25) is 0 Å². The van der Waals surface area contributed by atoms with Crippen molar-refractivity contribution in [3.8, 4) is 0 Å². The van der Waals surface area contributed by atoms with Crippen LogP contribution in [0.5, 0.6) is 0 Å². The lowest BCUT2D eigenvalue weighted by molar-refractivity contribution is -0.161. The van der Waals surface area contributed by atoms with Crippen LogP contribution < -0.4 is 0 Å². The molecule has 0 bridgehead atoms. The van der Waals surface area contributed by atoms with Crippen molar-refractivity contribution in [1.82, 2.24) is 0 Å². The minimum Gasteiger partial charge on any atom is -0.462 e. The summed E-state index contributed by atoms with van der Waals surface area (Å²) in [5, 5.41) is 10.6. The van der Waals surface area contributed by atoms with E-state index in [0.29, 0.717) is 38.5 Å². The van der Waals surface area contributed by atoms with Gasteiger partial charge in [-0.3, -0.25) is 37.3 Å². The molecule has 0 heterocycles. The second-order valence-electron chi connectivity index (χ2n) is 25.5. The van der Waals surface area contributed by atoms with E-state index in [1.54, 1.807) is 0 Å². The van der Waals surface area contributed by atoms with Crippen LogP contribution in [0, 0.1) is 0 Å². The van der Waals surface area contributed by atoms with Crippen molar-refractivity contribution in [3.05, 3.63) is 146 Å². The molecule has 0 aliphatic rings. The first-order valence-corrected chi connectivity index (χ1v) is 42.1. The van der Waals surface area contributed by atoms with Crippen LogP contribution in [0.3, 0.4) is 0 Å². The van der Waals surface area contributed by atoms with Gasteiger partial charge >= 0.3 is 39.5 Å². The molecule has 582 valence electrons. The molecule has 0 spiro atoms. The summed E-state index contributed by atoms with van der Waals surface area (Å²) in [5.74, 6) is -2.34. The molecular weight excluding hydrogens is 1330 g/mol. The van der Waals surface area contributed by atoms with E-state index in [9.17, 15) is 43.2 Å². The van der Waals surface area contributed by atoms with Crippen molar-refractivity contribution >= 4 is 39.5 Å². The number of aliphatic hydroxyl groups excluding tert-OH is 1. The summed E-state index contributed by atoms with van der Waals surface area (Å²) in [6.45, 7) is 4.47. The number of hydrogen-bond acceptors (Lipinski definition) is 15. The summed E-state index contributed by atoms with van der Waals surface area (Å²) in [5.41, 5.74) is 0. The van der Waals surface area contributed by atoms with Gasteiger partial charge in [-0.1, -0.05) is 263 Å². The highest BCUT2D eigenvalue weighted by Crippen LogP contribution is 2.45. The Kier molecular flexibility index (Phi) is 70.5. The Morgan fingerprint density at radius 3 is 0.882 bits per heavy atom. The third kappa shape index (κ3) is 73.3. The smallest absolute Gasteiger partial charge is 0.462 e. The summed E-state index contributed by atoms with van der Waals surface area (Å²) in [4.78, 5) is 72.9. The molecule has 0 saturated heterocycles. The molecule has 0 aromatic carbocycles. The van der Waals surface area contributed by atoms with Crippen molar-refractivity contribution in [1.29, 1.82) is 0 Å². The number of esters is 4. The van der Waals surface area contributed by atoms with E-state index in [1.165, 1.54) is 64.2 Å². The molecule has 0 aromatic heterocycles. The molecule has 0 radical (unpaired) electrons. The molecule has 0 fully saturated rings. The second-order valence-corrected chi connectivity index (χ2v) is 28.4. The van der Waals surface area contributed by atoms with Gasteiger partial charge in [-0.25, -0.2) is 9.13 Å². The Balaban J connectivity index is 5.46. The van der Waals surface area contributed by atoms with Crippen molar-refractivity contribution in [2.24, 2.45) is 0 Å². The van der Waals surface area contributed by atoms with Gasteiger partial charge in [-0.2, -0.15) is 0 Å². The first-order chi connectivity index (χ1) is 49.7. The predicted molar refractivity (Wildman–Crippen MR) is 417 cm³/mol. The SMILES string of the molecule is CC/C=C\C/C=C\C/C=C\C/C=C\C/C=C\C/C=C\CCC(=O)OCC(COP(=O)(O)OCC(O)COP(=O)(O)OCC(COC(=O)CCCCCCC/C=C\CCCCCCCC)OC(=O)CCCCCCC/C=C\CCCCCC)OC(=O)CCCC/C=C\C/C=C\C/C=C\C/C=C\CC. The predicted octanol–water partition coefficient (Wildman–Crippen LogP) is 22.7.